The van der Waals surface area contributed by atoms with Crippen LogP contribution in [0.2, 0.25) is 0 Å². The number of phenols is 1. The molecule has 0 saturated carbocycles. The van der Waals surface area contributed by atoms with E-state index in [4.69, 9.17) is 4.74 Å². The Morgan fingerprint density at radius 2 is 2.00 bits per heavy atom. The summed E-state index contributed by atoms with van der Waals surface area (Å²) in [4.78, 5) is 4.12. The third kappa shape index (κ3) is 2.53. The molecule has 2 aromatic rings. The number of hydrogen-bond acceptors (Lipinski definition) is 4. The van der Waals surface area contributed by atoms with Crippen LogP contribution in [0, 0.1) is 0 Å². The molecule has 1 heterocycles. The number of hydrogen-bond donors (Lipinski definition) is 2. The minimum atomic E-state index is -0.0377. The first-order chi connectivity index (χ1) is 8.72. The highest BCUT2D eigenvalue weighted by molar-refractivity contribution is 5.54. The highest BCUT2D eigenvalue weighted by Gasteiger charge is 2.12. The second kappa shape index (κ2) is 5.40. The Bertz CT molecular complexity index is 529. The SMILES string of the molecule is COc1ncccc1NC(C)c1ccccc1O. The van der Waals surface area contributed by atoms with Crippen LogP contribution in [0.4, 0.5) is 5.69 Å². The van der Waals surface area contributed by atoms with Crippen molar-refractivity contribution in [2.24, 2.45) is 0 Å². The number of aromatic hydroxyl groups is 1. The van der Waals surface area contributed by atoms with Gasteiger partial charge in [0.15, 0.2) is 0 Å². The molecule has 1 atom stereocenters. The van der Waals surface area contributed by atoms with Crippen LogP contribution in [0.25, 0.3) is 0 Å². The Morgan fingerprint density at radius 1 is 1.22 bits per heavy atom. The minimum absolute atomic E-state index is 0.0377. The van der Waals surface area contributed by atoms with E-state index < -0.39 is 0 Å². The maximum absolute atomic E-state index is 9.80. The van der Waals surface area contributed by atoms with E-state index in [1.807, 2.05) is 31.2 Å². The minimum Gasteiger partial charge on any atom is -0.508 e. The number of phenolic OH excluding ortho intramolecular Hbond substituents is 1. The number of rotatable bonds is 4. The fraction of sp³-hybridized carbons (Fsp3) is 0.214. The maximum Gasteiger partial charge on any atom is 0.237 e. The highest BCUT2D eigenvalue weighted by Crippen LogP contribution is 2.29. The fourth-order valence-corrected chi connectivity index (χ4v) is 1.83. The normalized spacial score (nSPS) is 11.9. The first-order valence-corrected chi connectivity index (χ1v) is 5.76. The third-order valence-corrected chi connectivity index (χ3v) is 2.74. The van der Waals surface area contributed by atoms with Gasteiger partial charge in [0, 0.05) is 11.8 Å². The Hall–Kier alpha value is -2.23. The lowest BCUT2D eigenvalue weighted by Gasteiger charge is -2.17. The lowest BCUT2D eigenvalue weighted by molar-refractivity contribution is 0.399. The van der Waals surface area contributed by atoms with Gasteiger partial charge in [0.25, 0.3) is 0 Å². The number of anilines is 1. The van der Waals surface area contributed by atoms with Gasteiger partial charge in [-0.05, 0) is 25.1 Å². The zero-order chi connectivity index (χ0) is 13.0. The molecule has 0 aliphatic rings. The number of methoxy groups -OCH3 is 1. The maximum atomic E-state index is 9.80. The van der Waals surface area contributed by atoms with Crippen LogP contribution in [0.1, 0.15) is 18.5 Å². The Balaban J connectivity index is 2.21. The highest BCUT2D eigenvalue weighted by atomic mass is 16.5. The van der Waals surface area contributed by atoms with Gasteiger partial charge < -0.3 is 15.2 Å². The van der Waals surface area contributed by atoms with Crippen molar-refractivity contribution in [2.45, 2.75) is 13.0 Å². The van der Waals surface area contributed by atoms with E-state index in [1.54, 1.807) is 25.4 Å². The molecular formula is C14H16N2O2. The second-order valence-electron chi connectivity index (χ2n) is 3.99. The molecule has 0 bridgehead atoms. The van der Waals surface area contributed by atoms with E-state index in [-0.39, 0.29) is 11.8 Å². The van der Waals surface area contributed by atoms with Gasteiger partial charge in [-0.1, -0.05) is 18.2 Å². The average molecular weight is 244 g/mol. The van der Waals surface area contributed by atoms with Crippen molar-refractivity contribution >= 4 is 5.69 Å². The van der Waals surface area contributed by atoms with Gasteiger partial charge in [-0.25, -0.2) is 4.98 Å². The van der Waals surface area contributed by atoms with E-state index in [0.29, 0.717) is 5.88 Å². The van der Waals surface area contributed by atoms with Crippen molar-refractivity contribution in [3.63, 3.8) is 0 Å². The fourth-order valence-electron chi connectivity index (χ4n) is 1.83. The summed E-state index contributed by atoms with van der Waals surface area (Å²) in [5.41, 5.74) is 1.64. The summed E-state index contributed by atoms with van der Waals surface area (Å²) in [5, 5.41) is 13.1. The van der Waals surface area contributed by atoms with Crippen molar-refractivity contribution in [2.75, 3.05) is 12.4 Å². The molecule has 18 heavy (non-hydrogen) atoms. The molecule has 1 aromatic heterocycles. The molecule has 1 aromatic carbocycles. The van der Waals surface area contributed by atoms with Gasteiger partial charge in [0.2, 0.25) is 5.88 Å². The standard InChI is InChI=1S/C14H16N2O2/c1-10(11-6-3-4-8-13(11)17)16-12-7-5-9-15-14(12)18-2/h3-10,16-17H,1-2H3. The molecule has 2 rings (SSSR count). The van der Waals surface area contributed by atoms with Gasteiger partial charge >= 0.3 is 0 Å². The molecule has 94 valence electrons. The molecule has 1 unspecified atom stereocenters. The van der Waals surface area contributed by atoms with Crippen LogP contribution in [0.5, 0.6) is 11.6 Å². The summed E-state index contributed by atoms with van der Waals surface area (Å²) in [7, 11) is 1.58. The molecular weight excluding hydrogens is 228 g/mol. The molecule has 0 aliphatic heterocycles. The van der Waals surface area contributed by atoms with Crippen molar-refractivity contribution in [3.8, 4) is 11.6 Å². The molecule has 4 nitrogen and oxygen atoms in total. The molecule has 0 aliphatic carbocycles. The summed E-state index contributed by atoms with van der Waals surface area (Å²) >= 11 is 0. The van der Waals surface area contributed by atoms with Crippen LogP contribution in [0.15, 0.2) is 42.6 Å². The molecule has 0 saturated heterocycles. The predicted octanol–water partition coefficient (Wildman–Crippen LogP) is 2.97. The molecule has 0 spiro atoms. The summed E-state index contributed by atoms with van der Waals surface area (Å²) in [6.07, 6.45) is 1.68. The van der Waals surface area contributed by atoms with Crippen LogP contribution in [-0.4, -0.2) is 17.2 Å². The largest absolute Gasteiger partial charge is 0.508 e. The molecule has 4 heteroatoms. The van der Waals surface area contributed by atoms with Crippen LogP contribution in [-0.2, 0) is 0 Å². The number of nitrogens with one attached hydrogen (secondary N) is 1. The van der Waals surface area contributed by atoms with E-state index in [1.165, 1.54) is 0 Å². The number of nitrogens with zero attached hydrogens (tertiary/aromatic N) is 1. The summed E-state index contributed by atoms with van der Waals surface area (Å²) < 4.78 is 5.18. The van der Waals surface area contributed by atoms with Crippen LogP contribution in [0.3, 0.4) is 0 Å². The van der Waals surface area contributed by atoms with Crippen molar-refractivity contribution < 1.29 is 9.84 Å². The van der Waals surface area contributed by atoms with Gasteiger partial charge in [-0.2, -0.15) is 0 Å². The number of ether oxygens (including phenoxy) is 1. The van der Waals surface area contributed by atoms with Gasteiger partial charge in [-0.15, -0.1) is 0 Å². The van der Waals surface area contributed by atoms with Crippen LogP contribution >= 0.6 is 0 Å². The monoisotopic (exact) mass is 244 g/mol. The van der Waals surface area contributed by atoms with Gasteiger partial charge in [-0.3, -0.25) is 0 Å². The number of pyridine rings is 1. The van der Waals surface area contributed by atoms with E-state index in [2.05, 4.69) is 10.3 Å². The number of para-hydroxylation sites is 1. The third-order valence-electron chi connectivity index (χ3n) is 2.74. The lowest BCUT2D eigenvalue weighted by atomic mass is 10.1. The second-order valence-corrected chi connectivity index (χ2v) is 3.99. The summed E-state index contributed by atoms with van der Waals surface area (Å²) in [6.45, 7) is 1.97. The van der Waals surface area contributed by atoms with E-state index in [0.717, 1.165) is 11.3 Å². The molecule has 0 radical (unpaired) electrons. The molecule has 2 N–H and O–H groups in total. The predicted molar refractivity (Wildman–Crippen MR) is 70.9 cm³/mol. The Morgan fingerprint density at radius 3 is 2.72 bits per heavy atom. The van der Waals surface area contributed by atoms with Crippen molar-refractivity contribution in [3.05, 3.63) is 48.2 Å². The first kappa shape index (κ1) is 12.2. The van der Waals surface area contributed by atoms with E-state index in [9.17, 15) is 5.11 Å². The molecule has 0 fully saturated rings. The van der Waals surface area contributed by atoms with E-state index >= 15 is 0 Å². The van der Waals surface area contributed by atoms with Gasteiger partial charge in [0.1, 0.15) is 5.75 Å². The van der Waals surface area contributed by atoms with Crippen molar-refractivity contribution in [1.29, 1.82) is 0 Å². The van der Waals surface area contributed by atoms with Crippen molar-refractivity contribution in [1.82, 2.24) is 4.98 Å². The Kier molecular flexibility index (Phi) is 3.67. The smallest absolute Gasteiger partial charge is 0.237 e. The zero-order valence-corrected chi connectivity index (χ0v) is 10.4. The summed E-state index contributed by atoms with van der Waals surface area (Å²) in [6, 6.07) is 10.9. The summed E-state index contributed by atoms with van der Waals surface area (Å²) in [5.74, 6) is 0.820. The topological polar surface area (TPSA) is 54.4 Å². The Labute approximate surface area is 106 Å². The quantitative estimate of drug-likeness (QED) is 0.868. The number of benzene rings is 1. The zero-order valence-electron chi connectivity index (χ0n) is 10.4. The average Bonchev–Trinajstić information content (AvgIpc) is 2.39. The van der Waals surface area contributed by atoms with Crippen LogP contribution < -0.4 is 10.1 Å². The van der Waals surface area contributed by atoms with Gasteiger partial charge in [0.05, 0.1) is 18.8 Å². The lowest BCUT2D eigenvalue weighted by Crippen LogP contribution is -2.08. The first-order valence-electron chi connectivity index (χ1n) is 5.76. The molecule has 0 amide bonds. The number of aromatic nitrogens is 1.